The fourth-order valence-corrected chi connectivity index (χ4v) is 2.68. The van der Waals surface area contributed by atoms with Crippen LogP contribution in [0.1, 0.15) is 26.7 Å². The monoisotopic (exact) mass is 230 g/mol. The van der Waals surface area contributed by atoms with Gasteiger partial charge < -0.3 is 9.84 Å². The molecule has 0 radical (unpaired) electrons. The van der Waals surface area contributed by atoms with E-state index in [4.69, 9.17) is 9.84 Å². The third kappa shape index (κ3) is 7.93. The first-order valence-corrected chi connectivity index (χ1v) is 7.03. The van der Waals surface area contributed by atoms with E-state index in [1.54, 1.807) is 0 Å². The molecule has 0 amide bonds. The lowest BCUT2D eigenvalue weighted by atomic mass is 10.5. The van der Waals surface area contributed by atoms with Gasteiger partial charge >= 0.3 is 11.9 Å². The summed E-state index contributed by atoms with van der Waals surface area (Å²) in [4.78, 5) is 21.3. The minimum Gasteiger partial charge on any atom is -0.478 e. The van der Waals surface area contributed by atoms with Crippen LogP contribution in [0.5, 0.6) is 0 Å². The van der Waals surface area contributed by atoms with Gasteiger partial charge in [0, 0.05) is 12.2 Å². The van der Waals surface area contributed by atoms with Crippen molar-refractivity contribution in [1.82, 2.24) is 0 Å². The van der Waals surface area contributed by atoms with E-state index in [1.807, 2.05) is 6.92 Å². The van der Waals surface area contributed by atoms with Gasteiger partial charge in [-0.3, -0.25) is 0 Å². The van der Waals surface area contributed by atoms with Crippen molar-refractivity contribution in [2.75, 3.05) is 0 Å². The molecule has 5 heteroatoms. The third-order valence-electron chi connectivity index (χ3n) is 1.98. The predicted octanol–water partition coefficient (Wildman–Crippen LogP) is 0.904. The zero-order valence-corrected chi connectivity index (χ0v) is 10.6. The first kappa shape index (κ1) is 13.9. The van der Waals surface area contributed by atoms with Crippen molar-refractivity contribution in [3.63, 3.8) is 0 Å². The Kier molecular flexibility index (Phi) is 7.62. The van der Waals surface area contributed by atoms with Gasteiger partial charge in [0.2, 0.25) is 0 Å². The van der Waals surface area contributed by atoms with Gasteiger partial charge in [-0.05, 0) is 6.42 Å². The van der Waals surface area contributed by atoms with Gasteiger partial charge in [-0.1, -0.05) is 26.3 Å². The number of carboxylic acids is 1. The number of carboxylic acid groups (broad SMARTS) is 1. The zero-order valence-electron chi connectivity index (χ0n) is 9.23. The second kappa shape index (κ2) is 8.23. The average molecular weight is 230 g/mol. The number of carbonyl (C=O) groups is 2. The van der Waals surface area contributed by atoms with Crippen molar-refractivity contribution in [3.8, 4) is 0 Å². The first-order chi connectivity index (χ1) is 7.10. The summed E-state index contributed by atoms with van der Waals surface area (Å²) in [5.74, 6) is -1.68. The van der Waals surface area contributed by atoms with Crippen LogP contribution >= 0.6 is 0 Å². The second-order valence-corrected chi connectivity index (χ2v) is 5.48. The Bertz CT molecular complexity index is 238. The third-order valence-corrected chi connectivity index (χ3v) is 4.48. The van der Waals surface area contributed by atoms with Crippen LogP contribution in [0.15, 0.2) is 12.2 Å². The van der Waals surface area contributed by atoms with Crippen LogP contribution in [-0.2, 0) is 14.3 Å². The Morgan fingerprint density at radius 2 is 2.07 bits per heavy atom. The lowest BCUT2D eigenvalue weighted by Gasteiger charge is -2.13. The van der Waals surface area contributed by atoms with Crippen molar-refractivity contribution >= 4 is 21.5 Å². The van der Waals surface area contributed by atoms with E-state index in [9.17, 15) is 9.59 Å². The summed E-state index contributed by atoms with van der Waals surface area (Å²) in [5.41, 5.74) is 0.0379. The molecule has 0 spiro atoms. The maximum atomic E-state index is 11.1. The molecule has 15 heavy (non-hydrogen) atoms. The first-order valence-electron chi connectivity index (χ1n) is 5.21. The number of ether oxygens (including phenoxy) is 1. The van der Waals surface area contributed by atoms with E-state index in [0.717, 1.165) is 31.0 Å². The molecule has 0 heterocycles. The van der Waals surface area contributed by atoms with Gasteiger partial charge in [0.25, 0.3) is 0 Å². The van der Waals surface area contributed by atoms with Crippen molar-refractivity contribution in [3.05, 3.63) is 12.2 Å². The highest BCUT2D eigenvalue weighted by molar-refractivity contribution is 6.37. The molecule has 0 bridgehead atoms. The van der Waals surface area contributed by atoms with Crippen LogP contribution < -0.4 is 0 Å². The summed E-state index contributed by atoms with van der Waals surface area (Å²) in [6.07, 6.45) is 3.70. The summed E-state index contributed by atoms with van der Waals surface area (Å²) >= 11 is 0. The van der Waals surface area contributed by atoms with Crippen LogP contribution in [0.25, 0.3) is 0 Å². The van der Waals surface area contributed by atoms with Crippen molar-refractivity contribution < 1.29 is 19.4 Å². The van der Waals surface area contributed by atoms with E-state index in [1.165, 1.54) is 0 Å². The normalized spacial score (nSPS) is 13.5. The molecule has 0 aliphatic rings. The lowest BCUT2D eigenvalue weighted by molar-refractivity contribution is -0.140. The molecule has 0 saturated heterocycles. The Morgan fingerprint density at radius 1 is 1.40 bits per heavy atom. The van der Waals surface area contributed by atoms with Gasteiger partial charge in [-0.25, -0.2) is 9.59 Å². The standard InChI is InChI=1S/C10H18O4Si/c1-3-7-15-10(4-2)14-9(13)6-5-8(11)12/h5-6,10H,3-4,7,15H2,1-2H3,(H,11,12). The minimum absolute atomic E-state index is 0.0379. The summed E-state index contributed by atoms with van der Waals surface area (Å²) in [7, 11) is -0.378. The quantitative estimate of drug-likeness (QED) is 0.401. The number of rotatable bonds is 7. The van der Waals surface area contributed by atoms with Crippen LogP contribution in [0.3, 0.4) is 0 Å². The molecular weight excluding hydrogens is 212 g/mol. The molecule has 4 nitrogen and oxygen atoms in total. The van der Waals surface area contributed by atoms with Crippen LogP contribution in [-0.4, -0.2) is 32.3 Å². The molecule has 0 saturated carbocycles. The largest absolute Gasteiger partial charge is 0.478 e. The lowest BCUT2D eigenvalue weighted by Crippen LogP contribution is -2.22. The fourth-order valence-electron chi connectivity index (χ4n) is 1.12. The van der Waals surface area contributed by atoms with Crippen LogP contribution in [0.4, 0.5) is 0 Å². The Labute approximate surface area is 92.1 Å². The summed E-state index contributed by atoms with van der Waals surface area (Å²) in [5, 5.41) is 8.31. The SMILES string of the molecule is CCC[SiH2]C(CC)OC(=O)C=CC(=O)O. The molecule has 86 valence electrons. The van der Waals surface area contributed by atoms with E-state index >= 15 is 0 Å². The zero-order chi connectivity index (χ0) is 11.7. The summed E-state index contributed by atoms with van der Waals surface area (Å²) in [6, 6.07) is 1.15. The van der Waals surface area contributed by atoms with Crippen molar-refractivity contribution in [1.29, 1.82) is 0 Å². The van der Waals surface area contributed by atoms with Gasteiger partial charge in [0.1, 0.15) is 0 Å². The molecule has 0 rings (SSSR count). The molecular formula is C10H18O4Si. The number of carbonyl (C=O) groups excluding carboxylic acids is 1. The van der Waals surface area contributed by atoms with Crippen molar-refractivity contribution in [2.24, 2.45) is 0 Å². The Balaban J connectivity index is 3.95. The van der Waals surface area contributed by atoms with E-state index in [0.29, 0.717) is 0 Å². The fraction of sp³-hybridized carbons (Fsp3) is 0.600. The van der Waals surface area contributed by atoms with Crippen LogP contribution in [0, 0.1) is 0 Å². The number of aliphatic carboxylic acids is 1. The predicted molar refractivity (Wildman–Crippen MR) is 60.6 cm³/mol. The molecule has 0 aliphatic carbocycles. The smallest absolute Gasteiger partial charge is 0.330 e. The molecule has 0 fully saturated rings. The van der Waals surface area contributed by atoms with Gasteiger partial charge in [-0.15, -0.1) is 0 Å². The highest BCUT2D eigenvalue weighted by Crippen LogP contribution is 2.01. The van der Waals surface area contributed by atoms with Gasteiger partial charge in [0.15, 0.2) is 0 Å². The molecule has 0 aromatic heterocycles. The molecule has 1 atom stereocenters. The van der Waals surface area contributed by atoms with Gasteiger partial charge in [-0.2, -0.15) is 0 Å². The summed E-state index contributed by atoms with van der Waals surface area (Å²) < 4.78 is 5.12. The maximum absolute atomic E-state index is 11.1. The maximum Gasteiger partial charge on any atom is 0.330 e. The Morgan fingerprint density at radius 3 is 2.53 bits per heavy atom. The molecule has 0 aromatic rings. The Hall–Kier alpha value is -1.10. The summed E-state index contributed by atoms with van der Waals surface area (Å²) in [6.45, 7) is 4.08. The minimum atomic E-state index is -1.13. The second-order valence-electron chi connectivity index (χ2n) is 3.28. The topological polar surface area (TPSA) is 63.6 Å². The average Bonchev–Trinajstić information content (AvgIpc) is 2.21. The highest BCUT2D eigenvalue weighted by Gasteiger charge is 2.10. The van der Waals surface area contributed by atoms with Gasteiger partial charge in [0.05, 0.1) is 15.2 Å². The van der Waals surface area contributed by atoms with E-state index in [-0.39, 0.29) is 15.2 Å². The molecule has 1 N–H and O–H groups in total. The molecule has 0 aliphatic heterocycles. The number of hydrogen-bond donors (Lipinski definition) is 1. The number of esters is 1. The van der Waals surface area contributed by atoms with E-state index in [2.05, 4.69) is 6.92 Å². The van der Waals surface area contributed by atoms with E-state index < -0.39 is 11.9 Å². The van der Waals surface area contributed by atoms with Crippen LogP contribution in [0.2, 0.25) is 6.04 Å². The van der Waals surface area contributed by atoms with Crippen molar-refractivity contribution in [2.45, 2.75) is 38.5 Å². The highest BCUT2D eigenvalue weighted by atomic mass is 28.2. The number of hydrogen-bond acceptors (Lipinski definition) is 3. The molecule has 1 unspecified atom stereocenters. The molecule has 0 aromatic carbocycles.